The third kappa shape index (κ3) is 2.94. The maximum Gasteiger partial charge on any atom is 0.132 e. The van der Waals surface area contributed by atoms with Crippen LogP contribution in [-0.2, 0) is 6.42 Å². The first-order valence-corrected chi connectivity index (χ1v) is 6.68. The van der Waals surface area contributed by atoms with Crippen LogP contribution >= 0.6 is 15.9 Å². The molecule has 0 amide bonds. The highest BCUT2D eigenvalue weighted by molar-refractivity contribution is 9.10. The van der Waals surface area contributed by atoms with E-state index in [0.717, 1.165) is 28.0 Å². The molecule has 0 spiro atoms. The van der Waals surface area contributed by atoms with Crippen molar-refractivity contribution in [3.8, 4) is 0 Å². The maximum absolute atomic E-state index is 5.85. The van der Waals surface area contributed by atoms with Crippen LogP contribution in [-0.4, -0.2) is 9.97 Å². The molecule has 1 aromatic carbocycles. The van der Waals surface area contributed by atoms with Crippen LogP contribution in [0.4, 0.5) is 0 Å². The third-order valence-electron chi connectivity index (χ3n) is 2.86. The molecule has 0 saturated carbocycles. The highest BCUT2D eigenvalue weighted by Gasteiger charge is 2.08. The number of hydrogen-bond donors (Lipinski definition) is 1. The number of aryl methyl sites for hydroxylation is 1. The van der Waals surface area contributed by atoms with Gasteiger partial charge in [-0.2, -0.15) is 0 Å². The summed E-state index contributed by atoms with van der Waals surface area (Å²) < 4.78 is 1.09. The van der Waals surface area contributed by atoms with Crippen molar-refractivity contribution in [2.45, 2.75) is 26.3 Å². The molecule has 2 aromatic rings. The van der Waals surface area contributed by atoms with Gasteiger partial charge in [-0.3, -0.25) is 0 Å². The average molecular weight is 306 g/mol. The topological polar surface area (TPSA) is 51.8 Å². The van der Waals surface area contributed by atoms with Crippen molar-refractivity contribution in [2.75, 3.05) is 0 Å². The summed E-state index contributed by atoms with van der Waals surface area (Å²) in [5, 5.41) is 0. The second-order valence-corrected chi connectivity index (χ2v) is 5.24. The first-order valence-electron chi connectivity index (χ1n) is 5.89. The van der Waals surface area contributed by atoms with Crippen LogP contribution < -0.4 is 5.73 Å². The van der Waals surface area contributed by atoms with Crippen molar-refractivity contribution in [1.29, 1.82) is 0 Å². The fourth-order valence-corrected chi connectivity index (χ4v) is 2.29. The summed E-state index contributed by atoms with van der Waals surface area (Å²) in [6.45, 7) is 3.92. The van der Waals surface area contributed by atoms with Crippen LogP contribution in [0.25, 0.3) is 0 Å². The van der Waals surface area contributed by atoms with E-state index < -0.39 is 0 Å². The Morgan fingerprint density at radius 1 is 1.33 bits per heavy atom. The van der Waals surface area contributed by atoms with Crippen molar-refractivity contribution >= 4 is 15.9 Å². The normalized spacial score (nSPS) is 12.4. The molecule has 4 heteroatoms. The quantitative estimate of drug-likeness (QED) is 0.947. The summed E-state index contributed by atoms with van der Waals surface area (Å²) in [6.07, 6.45) is 2.56. The number of aromatic nitrogens is 2. The van der Waals surface area contributed by atoms with Gasteiger partial charge in [-0.05, 0) is 25.5 Å². The summed E-state index contributed by atoms with van der Waals surface area (Å²) in [4.78, 5) is 8.90. The van der Waals surface area contributed by atoms with Crippen LogP contribution in [0.2, 0.25) is 0 Å². The minimum Gasteiger partial charge on any atom is -0.324 e. The Labute approximate surface area is 116 Å². The SMILES string of the molecule is Cc1nc(Cc2ccccc2Br)ncc1[C@@H](C)N. The molecule has 0 radical (unpaired) electrons. The molecule has 2 rings (SSSR count). The number of nitrogens with zero attached hydrogens (tertiary/aromatic N) is 2. The fraction of sp³-hybridized carbons (Fsp3) is 0.286. The minimum atomic E-state index is -0.0255. The Morgan fingerprint density at radius 2 is 2.06 bits per heavy atom. The lowest BCUT2D eigenvalue weighted by Gasteiger charge is -2.10. The van der Waals surface area contributed by atoms with E-state index in [4.69, 9.17) is 5.73 Å². The van der Waals surface area contributed by atoms with E-state index in [-0.39, 0.29) is 6.04 Å². The zero-order valence-corrected chi connectivity index (χ0v) is 12.1. The van der Waals surface area contributed by atoms with Crippen molar-refractivity contribution in [1.82, 2.24) is 9.97 Å². The molecule has 1 aromatic heterocycles. The molecule has 1 heterocycles. The molecular formula is C14H16BrN3. The van der Waals surface area contributed by atoms with Crippen molar-refractivity contribution in [3.63, 3.8) is 0 Å². The molecule has 1 atom stereocenters. The highest BCUT2D eigenvalue weighted by atomic mass is 79.9. The number of halogens is 1. The molecule has 0 bridgehead atoms. The summed E-state index contributed by atoms with van der Waals surface area (Å²) >= 11 is 3.53. The molecule has 2 N–H and O–H groups in total. The Hall–Kier alpha value is -1.26. The molecule has 0 aliphatic carbocycles. The van der Waals surface area contributed by atoms with E-state index in [1.807, 2.05) is 38.2 Å². The van der Waals surface area contributed by atoms with E-state index in [2.05, 4.69) is 32.0 Å². The van der Waals surface area contributed by atoms with Gasteiger partial charge in [-0.15, -0.1) is 0 Å². The van der Waals surface area contributed by atoms with Gasteiger partial charge in [0.05, 0.1) is 0 Å². The summed E-state index contributed by atoms with van der Waals surface area (Å²) in [6, 6.07) is 8.09. The number of benzene rings is 1. The predicted molar refractivity (Wildman–Crippen MR) is 76.3 cm³/mol. The van der Waals surface area contributed by atoms with Crippen LogP contribution in [0, 0.1) is 6.92 Å². The first kappa shape index (κ1) is 13.2. The molecular weight excluding hydrogens is 290 g/mol. The van der Waals surface area contributed by atoms with Crippen molar-refractivity contribution < 1.29 is 0 Å². The van der Waals surface area contributed by atoms with Gasteiger partial charge in [0.2, 0.25) is 0 Å². The van der Waals surface area contributed by atoms with Crippen LogP contribution in [0.5, 0.6) is 0 Å². The third-order valence-corrected chi connectivity index (χ3v) is 3.64. The van der Waals surface area contributed by atoms with Gasteiger partial charge in [-0.25, -0.2) is 9.97 Å². The van der Waals surface area contributed by atoms with Crippen LogP contribution in [0.3, 0.4) is 0 Å². The van der Waals surface area contributed by atoms with Gasteiger partial charge in [-0.1, -0.05) is 34.1 Å². The maximum atomic E-state index is 5.85. The van der Waals surface area contributed by atoms with E-state index in [1.165, 1.54) is 5.56 Å². The Morgan fingerprint density at radius 3 is 2.67 bits per heavy atom. The van der Waals surface area contributed by atoms with Crippen molar-refractivity contribution in [3.05, 3.63) is 57.6 Å². The second-order valence-electron chi connectivity index (χ2n) is 4.38. The van der Waals surface area contributed by atoms with Crippen molar-refractivity contribution in [2.24, 2.45) is 5.73 Å². The zero-order chi connectivity index (χ0) is 13.1. The summed E-state index contributed by atoms with van der Waals surface area (Å²) in [5.74, 6) is 0.823. The standard InChI is InChI=1S/C14H16BrN3/c1-9(16)12-8-17-14(18-10(12)2)7-11-5-3-4-6-13(11)15/h3-6,8-9H,7,16H2,1-2H3/t9-/m1/s1. The van der Waals surface area contributed by atoms with Gasteiger partial charge in [0.25, 0.3) is 0 Å². The van der Waals surface area contributed by atoms with Gasteiger partial charge in [0, 0.05) is 34.4 Å². The predicted octanol–water partition coefficient (Wildman–Crippen LogP) is 3.16. The molecule has 0 aliphatic heterocycles. The number of rotatable bonds is 3. The Kier molecular flexibility index (Phi) is 4.09. The number of nitrogens with two attached hydrogens (primary N) is 1. The minimum absolute atomic E-state index is 0.0255. The Balaban J connectivity index is 2.26. The lowest BCUT2D eigenvalue weighted by molar-refractivity contribution is 0.776. The largest absolute Gasteiger partial charge is 0.324 e. The molecule has 94 valence electrons. The average Bonchev–Trinajstić information content (AvgIpc) is 2.32. The highest BCUT2D eigenvalue weighted by Crippen LogP contribution is 2.19. The molecule has 3 nitrogen and oxygen atoms in total. The lowest BCUT2D eigenvalue weighted by Crippen LogP contribution is -2.10. The molecule has 0 saturated heterocycles. The first-order chi connectivity index (χ1) is 8.58. The second kappa shape index (κ2) is 5.59. The molecule has 0 unspecified atom stereocenters. The number of hydrogen-bond acceptors (Lipinski definition) is 3. The monoisotopic (exact) mass is 305 g/mol. The fourth-order valence-electron chi connectivity index (χ4n) is 1.87. The van der Waals surface area contributed by atoms with Gasteiger partial charge >= 0.3 is 0 Å². The summed E-state index contributed by atoms with van der Waals surface area (Å²) in [7, 11) is 0. The zero-order valence-electron chi connectivity index (χ0n) is 10.5. The van der Waals surface area contributed by atoms with Gasteiger partial charge < -0.3 is 5.73 Å². The van der Waals surface area contributed by atoms with Gasteiger partial charge in [0.15, 0.2) is 0 Å². The van der Waals surface area contributed by atoms with E-state index in [0.29, 0.717) is 0 Å². The lowest BCUT2D eigenvalue weighted by atomic mass is 10.1. The molecule has 0 fully saturated rings. The molecule has 18 heavy (non-hydrogen) atoms. The molecule has 0 aliphatic rings. The Bertz CT molecular complexity index is 552. The smallest absolute Gasteiger partial charge is 0.132 e. The summed E-state index contributed by atoms with van der Waals surface area (Å²) in [5.41, 5.74) is 9.01. The van der Waals surface area contributed by atoms with Crippen LogP contribution in [0.15, 0.2) is 34.9 Å². The van der Waals surface area contributed by atoms with E-state index in [1.54, 1.807) is 0 Å². The van der Waals surface area contributed by atoms with Crippen LogP contribution in [0.1, 0.15) is 35.6 Å². The van der Waals surface area contributed by atoms with E-state index in [9.17, 15) is 0 Å². The van der Waals surface area contributed by atoms with E-state index >= 15 is 0 Å². The van der Waals surface area contributed by atoms with Gasteiger partial charge in [0.1, 0.15) is 5.82 Å².